The second kappa shape index (κ2) is 4.93. The lowest BCUT2D eigenvalue weighted by Crippen LogP contribution is -2.47. The highest BCUT2D eigenvalue weighted by molar-refractivity contribution is 5.97. The van der Waals surface area contributed by atoms with Gasteiger partial charge in [-0.3, -0.25) is 4.79 Å². The van der Waals surface area contributed by atoms with E-state index in [0.29, 0.717) is 29.1 Å². The molecule has 1 saturated heterocycles. The van der Waals surface area contributed by atoms with Crippen molar-refractivity contribution < 1.29 is 9.21 Å². The molecule has 1 aliphatic heterocycles. The zero-order chi connectivity index (χ0) is 14.3. The molecule has 1 fully saturated rings. The molecule has 4 nitrogen and oxygen atoms in total. The van der Waals surface area contributed by atoms with Crippen LogP contribution in [-0.2, 0) is 0 Å². The van der Waals surface area contributed by atoms with Crippen molar-refractivity contribution in [2.75, 3.05) is 0 Å². The van der Waals surface area contributed by atoms with Crippen molar-refractivity contribution in [1.29, 1.82) is 0 Å². The monoisotopic (exact) mass is 272 g/mol. The minimum Gasteiger partial charge on any atom is -0.441 e. The first-order valence-corrected chi connectivity index (χ1v) is 7.26. The summed E-state index contributed by atoms with van der Waals surface area (Å²) in [6.07, 6.45) is 3.37. The first-order chi connectivity index (χ1) is 9.56. The summed E-state index contributed by atoms with van der Waals surface area (Å²) in [6, 6.07) is 6.13. The zero-order valence-electron chi connectivity index (χ0n) is 12.2. The molecule has 20 heavy (non-hydrogen) atoms. The molecule has 4 heteroatoms. The second-order valence-corrected chi connectivity index (χ2v) is 5.76. The Balaban J connectivity index is 1.94. The van der Waals surface area contributed by atoms with E-state index < -0.39 is 0 Å². The van der Waals surface area contributed by atoms with E-state index in [1.807, 2.05) is 30.0 Å². The van der Waals surface area contributed by atoms with Gasteiger partial charge in [-0.1, -0.05) is 0 Å². The van der Waals surface area contributed by atoms with Crippen molar-refractivity contribution in [2.45, 2.75) is 52.1 Å². The Labute approximate surface area is 118 Å². The van der Waals surface area contributed by atoms with Crippen LogP contribution in [0.25, 0.3) is 11.1 Å². The van der Waals surface area contributed by atoms with Crippen molar-refractivity contribution in [2.24, 2.45) is 0 Å². The summed E-state index contributed by atoms with van der Waals surface area (Å²) in [5, 5.41) is 0. The first-order valence-electron chi connectivity index (χ1n) is 7.26. The molecule has 1 aliphatic rings. The van der Waals surface area contributed by atoms with Crippen LogP contribution in [0.2, 0.25) is 0 Å². The number of aromatic nitrogens is 1. The van der Waals surface area contributed by atoms with E-state index >= 15 is 0 Å². The highest BCUT2D eigenvalue weighted by Crippen LogP contribution is 2.26. The van der Waals surface area contributed by atoms with Crippen LogP contribution >= 0.6 is 0 Å². The van der Waals surface area contributed by atoms with Crippen molar-refractivity contribution >= 4 is 17.0 Å². The number of piperidine rings is 1. The third kappa shape index (κ3) is 2.19. The standard InChI is InChI=1S/C16H20N2O2/c1-10-5-4-6-11(2)18(10)16(19)13-7-8-14-15(9-13)20-12(3)17-14/h7-11H,4-6H2,1-3H3. The summed E-state index contributed by atoms with van der Waals surface area (Å²) in [6.45, 7) is 6.08. The molecule has 2 heterocycles. The van der Waals surface area contributed by atoms with Crippen LogP contribution in [0, 0.1) is 6.92 Å². The molecule has 2 atom stereocenters. The van der Waals surface area contributed by atoms with E-state index in [1.165, 1.54) is 6.42 Å². The van der Waals surface area contributed by atoms with Crippen molar-refractivity contribution in [3.8, 4) is 0 Å². The van der Waals surface area contributed by atoms with E-state index in [4.69, 9.17) is 4.42 Å². The van der Waals surface area contributed by atoms with Crippen molar-refractivity contribution in [1.82, 2.24) is 9.88 Å². The quantitative estimate of drug-likeness (QED) is 0.797. The summed E-state index contributed by atoms with van der Waals surface area (Å²) in [4.78, 5) is 19.0. The van der Waals surface area contributed by atoms with Gasteiger partial charge in [-0.25, -0.2) is 4.98 Å². The maximum atomic E-state index is 12.7. The summed E-state index contributed by atoms with van der Waals surface area (Å²) in [5.74, 6) is 0.727. The van der Waals surface area contributed by atoms with Gasteiger partial charge in [-0.2, -0.15) is 0 Å². The lowest BCUT2D eigenvalue weighted by molar-refractivity contribution is 0.0511. The lowest BCUT2D eigenvalue weighted by Gasteiger charge is -2.39. The van der Waals surface area contributed by atoms with E-state index in [0.717, 1.165) is 18.4 Å². The van der Waals surface area contributed by atoms with Crippen molar-refractivity contribution in [3.63, 3.8) is 0 Å². The van der Waals surface area contributed by atoms with Crippen LogP contribution in [0.1, 0.15) is 49.4 Å². The number of fused-ring (bicyclic) bond motifs is 1. The fourth-order valence-electron chi connectivity index (χ4n) is 3.14. The SMILES string of the molecule is Cc1nc2ccc(C(=O)N3C(C)CCCC3C)cc2o1. The van der Waals surface area contributed by atoms with Crippen LogP contribution in [0.5, 0.6) is 0 Å². The smallest absolute Gasteiger partial charge is 0.254 e. The van der Waals surface area contributed by atoms with E-state index in [-0.39, 0.29) is 5.91 Å². The summed E-state index contributed by atoms with van der Waals surface area (Å²) < 4.78 is 5.52. The average molecular weight is 272 g/mol. The van der Waals surface area contributed by atoms with Gasteiger partial charge in [-0.15, -0.1) is 0 Å². The first kappa shape index (κ1) is 13.2. The van der Waals surface area contributed by atoms with Crippen LogP contribution in [0.4, 0.5) is 0 Å². The molecule has 0 spiro atoms. The number of hydrogen-bond donors (Lipinski definition) is 0. The molecule has 1 aromatic carbocycles. The van der Waals surface area contributed by atoms with Crippen molar-refractivity contribution in [3.05, 3.63) is 29.7 Å². The average Bonchev–Trinajstić information content (AvgIpc) is 2.77. The van der Waals surface area contributed by atoms with Gasteiger partial charge in [0.25, 0.3) is 5.91 Å². The Kier molecular flexibility index (Phi) is 3.24. The molecule has 3 rings (SSSR count). The minimum absolute atomic E-state index is 0.0978. The number of carbonyl (C=O) groups is 1. The van der Waals surface area contributed by atoms with E-state index in [1.54, 1.807) is 0 Å². The fraction of sp³-hybridized carbons (Fsp3) is 0.500. The minimum atomic E-state index is 0.0978. The normalized spacial score (nSPS) is 23.2. The molecular formula is C16H20N2O2. The number of rotatable bonds is 1. The number of carbonyl (C=O) groups excluding carboxylic acids is 1. The maximum Gasteiger partial charge on any atom is 0.254 e. The highest BCUT2D eigenvalue weighted by Gasteiger charge is 2.29. The maximum absolute atomic E-state index is 12.7. The van der Waals surface area contributed by atoms with Crippen LogP contribution in [0.3, 0.4) is 0 Å². The zero-order valence-corrected chi connectivity index (χ0v) is 12.2. The molecule has 1 amide bonds. The van der Waals surface area contributed by atoms with Gasteiger partial charge >= 0.3 is 0 Å². The number of hydrogen-bond acceptors (Lipinski definition) is 3. The molecule has 0 saturated carbocycles. The lowest BCUT2D eigenvalue weighted by atomic mass is 9.96. The predicted octanol–water partition coefficient (Wildman–Crippen LogP) is 3.54. The van der Waals surface area contributed by atoms with Gasteiger partial charge in [0.1, 0.15) is 5.52 Å². The Morgan fingerprint density at radius 3 is 2.70 bits per heavy atom. The molecule has 2 unspecified atom stereocenters. The molecule has 2 aromatic rings. The Morgan fingerprint density at radius 1 is 1.30 bits per heavy atom. The predicted molar refractivity (Wildman–Crippen MR) is 77.7 cm³/mol. The topological polar surface area (TPSA) is 46.3 Å². The Hall–Kier alpha value is -1.84. The molecule has 0 aliphatic carbocycles. The fourth-order valence-corrected chi connectivity index (χ4v) is 3.14. The summed E-state index contributed by atoms with van der Waals surface area (Å²) >= 11 is 0. The van der Waals surface area contributed by atoms with Gasteiger partial charge in [-0.05, 0) is 51.3 Å². The van der Waals surface area contributed by atoms with Crippen LogP contribution in [-0.4, -0.2) is 27.9 Å². The van der Waals surface area contributed by atoms with E-state index in [2.05, 4.69) is 18.8 Å². The molecule has 0 N–H and O–H groups in total. The molecule has 0 bridgehead atoms. The summed E-state index contributed by atoms with van der Waals surface area (Å²) in [7, 11) is 0. The third-order valence-corrected chi connectivity index (χ3v) is 4.17. The van der Waals surface area contributed by atoms with Gasteiger partial charge < -0.3 is 9.32 Å². The highest BCUT2D eigenvalue weighted by atomic mass is 16.3. The van der Waals surface area contributed by atoms with Gasteiger partial charge in [0, 0.05) is 24.6 Å². The van der Waals surface area contributed by atoms with Gasteiger partial charge in [0.05, 0.1) is 0 Å². The van der Waals surface area contributed by atoms with Crippen LogP contribution in [0.15, 0.2) is 22.6 Å². The van der Waals surface area contributed by atoms with Gasteiger partial charge in [0.15, 0.2) is 11.5 Å². The number of nitrogens with zero attached hydrogens (tertiary/aromatic N) is 2. The molecule has 106 valence electrons. The summed E-state index contributed by atoms with van der Waals surface area (Å²) in [5.41, 5.74) is 2.18. The second-order valence-electron chi connectivity index (χ2n) is 5.76. The van der Waals surface area contributed by atoms with E-state index in [9.17, 15) is 4.79 Å². The Morgan fingerprint density at radius 2 is 2.00 bits per heavy atom. The molecule has 0 radical (unpaired) electrons. The molecular weight excluding hydrogens is 252 g/mol. The third-order valence-electron chi connectivity index (χ3n) is 4.17. The number of aryl methyl sites for hydroxylation is 1. The number of benzene rings is 1. The van der Waals surface area contributed by atoms with Gasteiger partial charge in [0.2, 0.25) is 0 Å². The number of likely N-dealkylation sites (tertiary alicyclic amines) is 1. The largest absolute Gasteiger partial charge is 0.441 e. The molecule has 1 aromatic heterocycles. The number of oxazole rings is 1. The van der Waals surface area contributed by atoms with Crippen LogP contribution < -0.4 is 0 Å². The Bertz CT molecular complexity index is 637. The number of amides is 1.